The van der Waals surface area contributed by atoms with Crippen molar-refractivity contribution in [3.8, 4) is 0 Å². The normalized spacial score (nSPS) is 9.81. The summed E-state index contributed by atoms with van der Waals surface area (Å²) in [6.07, 6.45) is 2.52. The second-order valence-electron chi connectivity index (χ2n) is 4.70. The van der Waals surface area contributed by atoms with Gasteiger partial charge in [0, 0.05) is 38.8 Å². The molecule has 1 aromatic rings. The average Bonchev–Trinajstić information content (AvgIpc) is 2.50. The van der Waals surface area contributed by atoms with Crippen molar-refractivity contribution in [1.29, 1.82) is 0 Å². The summed E-state index contributed by atoms with van der Waals surface area (Å²) in [5.74, 6) is 0.632. The van der Waals surface area contributed by atoms with Crippen LogP contribution in [0.4, 0.5) is 0 Å². The van der Waals surface area contributed by atoms with E-state index in [2.05, 4.69) is 93.4 Å². The molecule has 124 valence electrons. The quantitative estimate of drug-likeness (QED) is 0.298. The first kappa shape index (κ1) is 24.0. The van der Waals surface area contributed by atoms with Gasteiger partial charge in [-0.25, -0.2) is 4.31 Å². The molecule has 0 amide bonds. The van der Waals surface area contributed by atoms with Crippen LogP contribution < -0.4 is 0 Å². The number of nitrogens with zero attached hydrogens (tertiary/aromatic N) is 1. The smallest absolute Gasteiger partial charge is 0.0175 e. The summed E-state index contributed by atoms with van der Waals surface area (Å²) in [5, 5.41) is 0. The summed E-state index contributed by atoms with van der Waals surface area (Å²) in [4.78, 5) is 0. The van der Waals surface area contributed by atoms with E-state index in [0.29, 0.717) is 5.92 Å². The fourth-order valence-corrected chi connectivity index (χ4v) is 3.48. The molecule has 1 nitrogen and oxygen atoms in total. The summed E-state index contributed by atoms with van der Waals surface area (Å²) in [5.41, 5.74) is 1.39. The average molecular weight is 488 g/mol. The number of halogens is 2. The summed E-state index contributed by atoms with van der Waals surface area (Å²) < 4.78 is 3.54. The van der Waals surface area contributed by atoms with E-state index in [1.54, 1.807) is 0 Å². The number of benzene rings is 1. The van der Waals surface area contributed by atoms with Crippen LogP contribution in [0.15, 0.2) is 28.7 Å². The van der Waals surface area contributed by atoms with Gasteiger partial charge in [-0.2, -0.15) is 0 Å². The Labute approximate surface area is 157 Å². The minimum Gasteiger partial charge on any atom is -0.242 e. The molecule has 0 saturated heterocycles. The largest absolute Gasteiger partial charge is 0.242 e. The van der Waals surface area contributed by atoms with Crippen molar-refractivity contribution in [1.82, 2.24) is 4.31 Å². The Morgan fingerprint density at radius 3 is 1.76 bits per heavy atom. The monoisotopic (exact) mass is 487 g/mol. The van der Waals surface area contributed by atoms with Crippen molar-refractivity contribution in [3.05, 3.63) is 34.3 Å². The summed E-state index contributed by atoms with van der Waals surface area (Å²) >= 11 is 5.73. The van der Waals surface area contributed by atoms with Gasteiger partial charge >= 0.3 is 0 Å². The van der Waals surface area contributed by atoms with Crippen LogP contribution in [0.2, 0.25) is 0 Å². The maximum atomic E-state index is 3.39. The molecule has 0 N–H and O–H groups in total. The molecule has 1 aromatic carbocycles. The van der Waals surface area contributed by atoms with Gasteiger partial charge in [-0.1, -0.05) is 69.6 Å². The third-order valence-corrected chi connectivity index (χ3v) is 5.34. The molecule has 0 aromatic heterocycles. The molecular formula is C17H31BrINS. The predicted molar refractivity (Wildman–Crippen MR) is 113 cm³/mol. The topological polar surface area (TPSA) is 3.24 Å². The summed E-state index contributed by atoms with van der Waals surface area (Å²) in [6.45, 7) is 15.3. The lowest BCUT2D eigenvalue weighted by Crippen LogP contribution is -2.15. The van der Waals surface area contributed by atoms with Crippen LogP contribution in [0.1, 0.15) is 65.9 Å². The van der Waals surface area contributed by atoms with Crippen LogP contribution in [0.25, 0.3) is 0 Å². The van der Waals surface area contributed by atoms with E-state index in [0.717, 1.165) is 4.47 Å². The maximum Gasteiger partial charge on any atom is 0.0175 e. The molecule has 0 aliphatic rings. The highest BCUT2D eigenvalue weighted by Gasteiger charge is 1.98. The van der Waals surface area contributed by atoms with E-state index >= 15 is 0 Å². The zero-order valence-corrected chi connectivity index (χ0v) is 18.9. The lowest BCUT2D eigenvalue weighted by molar-refractivity contribution is 0.472. The highest BCUT2D eigenvalue weighted by atomic mass is 127. The molecule has 0 radical (unpaired) electrons. The first-order valence-corrected chi connectivity index (χ1v) is 11.9. The number of hydrogen-bond donors (Lipinski definition) is 0. The predicted octanol–water partition coefficient (Wildman–Crippen LogP) is 7.71. The van der Waals surface area contributed by atoms with E-state index in [4.69, 9.17) is 0 Å². The second-order valence-corrected chi connectivity index (χ2v) is 7.46. The van der Waals surface area contributed by atoms with E-state index in [1.807, 2.05) is 23.0 Å². The highest BCUT2D eigenvalue weighted by molar-refractivity contribution is 14.2. The highest BCUT2D eigenvalue weighted by Crippen LogP contribution is 2.18. The molecule has 0 saturated carbocycles. The zero-order valence-electron chi connectivity index (χ0n) is 14.3. The molecule has 21 heavy (non-hydrogen) atoms. The molecule has 0 aliphatic heterocycles. The van der Waals surface area contributed by atoms with Crippen molar-refractivity contribution in [2.45, 2.75) is 60.3 Å². The van der Waals surface area contributed by atoms with Gasteiger partial charge in [0.15, 0.2) is 0 Å². The van der Waals surface area contributed by atoms with Crippen molar-refractivity contribution in [3.63, 3.8) is 0 Å². The Hall–Kier alpha value is 0.740. The van der Waals surface area contributed by atoms with Gasteiger partial charge in [-0.15, -0.1) is 0 Å². The minimum atomic E-state index is 0.632. The van der Waals surface area contributed by atoms with Crippen LogP contribution in [-0.2, 0) is 0 Å². The van der Waals surface area contributed by atoms with Gasteiger partial charge in [0.1, 0.15) is 0 Å². The lowest BCUT2D eigenvalue weighted by atomic mass is 10.0. The van der Waals surface area contributed by atoms with Gasteiger partial charge in [0.2, 0.25) is 0 Å². The van der Waals surface area contributed by atoms with Crippen LogP contribution in [0.3, 0.4) is 0 Å². The Balaban J connectivity index is 0. The van der Waals surface area contributed by atoms with Gasteiger partial charge in [-0.3, -0.25) is 0 Å². The molecule has 0 fully saturated rings. The van der Waals surface area contributed by atoms with Gasteiger partial charge in [0.25, 0.3) is 0 Å². The standard InChI is InChI=1S/C9H11Br.C6H14INS.C2H6/c1-7(2)8-3-5-9(10)6-4-8;1-3-5-8(9-7)6-4-2;1-2/h3-7H,1-2H3;3-6H2,1-2H3;1-2H3. The van der Waals surface area contributed by atoms with Gasteiger partial charge in [0.05, 0.1) is 0 Å². The van der Waals surface area contributed by atoms with E-state index in [-0.39, 0.29) is 0 Å². The molecule has 0 heterocycles. The van der Waals surface area contributed by atoms with Gasteiger partial charge < -0.3 is 0 Å². The Morgan fingerprint density at radius 1 is 1.05 bits per heavy atom. The summed E-state index contributed by atoms with van der Waals surface area (Å²) in [6, 6.07) is 8.45. The van der Waals surface area contributed by atoms with E-state index < -0.39 is 0 Å². The molecule has 0 atom stereocenters. The van der Waals surface area contributed by atoms with Crippen LogP contribution in [0.5, 0.6) is 0 Å². The minimum absolute atomic E-state index is 0.632. The first-order valence-electron chi connectivity index (χ1n) is 7.84. The molecule has 0 unspecified atom stereocenters. The van der Waals surface area contributed by atoms with Crippen molar-refractivity contribution >= 4 is 46.3 Å². The molecule has 1 rings (SSSR count). The number of hydrogen-bond acceptors (Lipinski definition) is 2. The third-order valence-electron chi connectivity index (χ3n) is 2.58. The Kier molecular flexibility index (Phi) is 19.5. The molecule has 0 bridgehead atoms. The fraction of sp³-hybridized carbons (Fsp3) is 0.647. The molecular weight excluding hydrogens is 457 g/mol. The van der Waals surface area contributed by atoms with Gasteiger partial charge in [-0.05, 0) is 45.6 Å². The fourth-order valence-electron chi connectivity index (χ4n) is 1.53. The Bertz CT molecular complexity index is 311. The summed E-state index contributed by atoms with van der Waals surface area (Å²) in [7, 11) is 1.82. The molecule has 4 heteroatoms. The van der Waals surface area contributed by atoms with Crippen LogP contribution in [0, 0.1) is 0 Å². The maximum absolute atomic E-state index is 3.39. The Morgan fingerprint density at radius 2 is 1.48 bits per heavy atom. The van der Waals surface area contributed by atoms with Crippen molar-refractivity contribution < 1.29 is 0 Å². The van der Waals surface area contributed by atoms with Crippen molar-refractivity contribution in [2.75, 3.05) is 13.1 Å². The van der Waals surface area contributed by atoms with E-state index in [1.165, 1.54) is 31.5 Å². The zero-order chi connectivity index (χ0) is 16.7. The lowest BCUT2D eigenvalue weighted by Gasteiger charge is -2.14. The third kappa shape index (κ3) is 14.1. The SMILES string of the molecule is CC.CC(C)c1ccc(Br)cc1.CCCN(CCC)SI. The van der Waals surface area contributed by atoms with Crippen molar-refractivity contribution in [2.24, 2.45) is 0 Å². The van der Waals surface area contributed by atoms with Crippen LogP contribution >= 0.6 is 46.3 Å². The molecule has 0 aliphatic carbocycles. The second kappa shape index (κ2) is 17.1. The molecule has 0 spiro atoms. The number of rotatable bonds is 6. The first-order chi connectivity index (χ1) is 10.0. The van der Waals surface area contributed by atoms with Crippen LogP contribution in [-0.4, -0.2) is 17.4 Å². The van der Waals surface area contributed by atoms with E-state index in [9.17, 15) is 0 Å².